The van der Waals surface area contributed by atoms with Gasteiger partial charge in [-0.05, 0) is 24.1 Å². The summed E-state index contributed by atoms with van der Waals surface area (Å²) in [6.07, 6.45) is 5.48. The van der Waals surface area contributed by atoms with E-state index in [1.807, 2.05) is 42.6 Å². The lowest BCUT2D eigenvalue weighted by atomic mass is 10.0. The molecular weight excluding hydrogens is 342 g/mol. The molecule has 2 atom stereocenters. The van der Waals surface area contributed by atoms with Gasteiger partial charge in [-0.2, -0.15) is 5.10 Å². The molecule has 1 aromatic carbocycles. The predicted molar refractivity (Wildman–Crippen MR) is 102 cm³/mol. The van der Waals surface area contributed by atoms with E-state index in [1.165, 1.54) is 0 Å². The molecular formula is C20H23N5O2. The second kappa shape index (κ2) is 7.85. The van der Waals surface area contributed by atoms with E-state index in [2.05, 4.69) is 20.3 Å². The molecule has 2 N–H and O–H groups in total. The van der Waals surface area contributed by atoms with Crippen LogP contribution in [0.2, 0.25) is 0 Å². The maximum Gasteiger partial charge on any atom is 0.242 e. The van der Waals surface area contributed by atoms with Crippen LogP contribution in [0.5, 0.6) is 0 Å². The van der Waals surface area contributed by atoms with Gasteiger partial charge in [-0.1, -0.05) is 24.3 Å². The maximum absolute atomic E-state index is 12.4. The number of carbonyl (C=O) groups excluding carboxylic acids is 1. The molecule has 2 aromatic heterocycles. The third-order valence-corrected chi connectivity index (χ3v) is 4.99. The fourth-order valence-corrected chi connectivity index (χ4v) is 3.60. The summed E-state index contributed by atoms with van der Waals surface area (Å²) in [6.45, 7) is 2.26. The minimum absolute atomic E-state index is 0.131. The van der Waals surface area contributed by atoms with Crippen LogP contribution in [0.3, 0.4) is 0 Å². The third kappa shape index (κ3) is 4.15. The van der Waals surface area contributed by atoms with Crippen molar-refractivity contribution in [3.63, 3.8) is 0 Å². The van der Waals surface area contributed by atoms with Crippen molar-refractivity contribution in [3.05, 3.63) is 60.6 Å². The number of pyridine rings is 1. The maximum atomic E-state index is 12.4. The number of nitrogens with one attached hydrogen (secondary N) is 1. The van der Waals surface area contributed by atoms with Gasteiger partial charge in [0, 0.05) is 37.4 Å². The van der Waals surface area contributed by atoms with E-state index in [1.54, 1.807) is 17.1 Å². The molecule has 3 heterocycles. The Morgan fingerprint density at radius 1 is 1.22 bits per heavy atom. The van der Waals surface area contributed by atoms with Gasteiger partial charge < -0.3 is 10.4 Å². The van der Waals surface area contributed by atoms with E-state index >= 15 is 0 Å². The van der Waals surface area contributed by atoms with E-state index in [-0.39, 0.29) is 18.5 Å². The molecule has 0 aliphatic carbocycles. The van der Waals surface area contributed by atoms with Gasteiger partial charge in [-0.3, -0.25) is 19.4 Å². The number of para-hydroxylation sites is 1. The summed E-state index contributed by atoms with van der Waals surface area (Å²) in [6, 6.07) is 11.5. The summed E-state index contributed by atoms with van der Waals surface area (Å²) >= 11 is 0. The molecule has 0 spiro atoms. The predicted octanol–water partition coefficient (Wildman–Crippen LogP) is 1.18. The van der Waals surface area contributed by atoms with Gasteiger partial charge in [-0.15, -0.1) is 0 Å². The minimum atomic E-state index is -0.589. The Bertz CT molecular complexity index is 911. The normalized spacial score (nSPS) is 20.6. The van der Waals surface area contributed by atoms with Crippen LogP contribution in [0.4, 0.5) is 0 Å². The second-order valence-electron chi connectivity index (χ2n) is 6.99. The smallest absolute Gasteiger partial charge is 0.242 e. The van der Waals surface area contributed by atoms with Crippen molar-refractivity contribution < 1.29 is 9.90 Å². The third-order valence-electron chi connectivity index (χ3n) is 4.99. The van der Waals surface area contributed by atoms with E-state index in [0.29, 0.717) is 13.0 Å². The summed E-state index contributed by atoms with van der Waals surface area (Å²) in [5.74, 6) is -0.131. The van der Waals surface area contributed by atoms with Crippen LogP contribution in [-0.4, -0.2) is 55.9 Å². The van der Waals surface area contributed by atoms with Crippen molar-refractivity contribution in [2.45, 2.75) is 31.7 Å². The lowest BCUT2D eigenvalue weighted by Gasteiger charge is -2.36. The molecule has 1 fully saturated rings. The Hall–Kier alpha value is -2.77. The van der Waals surface area contributed by atoms with Crippen LogP contribution in [0, 0.1) is 0 Å². The van der Waals surface area contributed by atoms with Crippen molar-refractivity contribution in [2.75, 3.05) is 13.1 Å². The Morgan fingerprint density at radius 3 is 2.93 bits per heavy atom. The first-order valence-corrected chi connectivity index (χ1v) is 9.18. The van der Waals surface area contributed by atoms with Gasteiger partial charge in [0.1, 0.15) is 6.54 Å². The average molecular weight is 365 g/mol. The SMILES string of the molecule is O=C(Cn1ncc2ccccc21)NC1CCN(Cc2cccnc2)CC1O. The molecule has 27 heavy (non-hydrogen) atoms. The Morgan fingerprint density at radius 2 is 2.11 bits per heavy atom. The van der Waals surface area contributed by atoms with Crippen LogP contribution in [0.15, 0.2) is 55.0 Å². The summed E-state index contributed by atoms with van der Waals surface area (Å²) in [4.78, 5) is 18.7. The molecule has 1 saturated heterocycles. The van der Waals surface area contributed by atoms with Crippen LogP contribution in [0.1, 0.15) is 12.0 Å². The number of carbonyl (C=O) groups is 1. The Kier molecular flexibility index (Phi) is 5.13. The van der Waals surface area contributed by atoms with Gasteiger partial charge in [-0.25, -0.2) is 0 Å². The quantitative estimate of drug-likeness (QED) is 0.710. The number of likely N-dealkylation sites (tertiary alicyclic amines) is 1. The van der Waals surface area contributed by atoms with Gasteiger partial charge in [0.2, 0.25) is 5.91 Å². The zero-order chi connectivity index (χ0) is 18.6. The van der Waals surface area contributed by atoms with Crippen LogP contribution >= 0.6 is 0 Å². The number of fused-ring (bicyclic) bond motifs is 1. The highest BCUT2D eigenvalue weighted by atomic mass is 16.3. The zero-order valence-corrected chi connectivity index (χ0v) is 15.0. The monoisotopic (exact) mass is 365 g/mol. The molecule has 7 nitrogen and oxygen atoms in total. The fourth-order valence-electron chi connectivity index (χ4n) is 3.60. The number of aromatic nitrogens is 3. The molecule has 140 valence electrons. The van der Waals surface area contributed by atoms with Crippen molar-refractivity contribution >= 4 is 16.8 Å². The summed E-state index contributed by atoms with van der Waals surface area (Å²) < 4.78 is 1.69. The topological polar surface area (TPSA) is 83.3 Å². The summed E-state index contributed by atoms with van der Waals surface area (Å²) in [5.41, 5.74) is 2.05. The molecule has 4 rings (SSSR count). The first-order chi connectivity index (χ1) is 13.2. The van der Waals surface area contributed by atoms with Crippen LogP contribution in [0.25, 0.3) is 10.9 Å². The van der Waals surface area contributed by atoms with Crippen LogP contribution in [-0.2, 0) is 17.9 Å². The number of amides is 1. The standard InChI is InChI=1S/C20H23N5O2/c26-19-13-24(12-15-4-3-8-21-10-15)9-7-17(19)23-20(27)14-25-18-6-2-1-5-16(18)11-22-25/h1-6,8,10-11,17,19,26H,7,9,12-14H2,(H,23,27). The largest absolute Gasteiger partial charge is 0.390 e. The lowest BCUT2D eigenvalue weighted by molar-refractivity contribution is -0.124. The van der Waals surface area contributed by atoms with E-state index < -0.39 is 6.10 Å². The lowest BCUT2D eigenvalue weighted by Crippen LogP contribution is -2.54. The number of rotatable bonds is 5. The van der Waals surface area contributed by atoms with Gasteiger partial charge in [0.15, 0.2) is 0 Å². The molecule has 0 radical (unpaired) electrons. The minimum Gasteiger partial charge on any atom is -0.390 e. The average Bonchev–Trinajstić information content (AvgIpc) is 3.08. The van der Waals surface area contributed by atoms with Crippen molar-refractivity contribution in [1.29, 1.82) is 0 Å². The molecule has 7 heteroatoms. The Labute approximate surface area is 157 Å². The van der Waals surface area contributed by atoms with E-state index in [0.717, 1.165) is 29.6 Å². The molecule has 1 aliphatic rings. The number of piperidine rings is 1. The number of hydrogen-bond acceptors (Lipinski definition) is 5. The molecule has 3 aromatic rings. The molecule has 2 unspecified atom stereocenters. The van der Waals surface area contributed by atoms with Gasteiger partial charge >= 0.3 is 0 Å². The Balaban J connectivity index is 1.31. The highest BCUT2D eigenvalue weighted by Crippen LogP contribution is 2.15. The van der Waals surface area contributed by atoms with Crippen molar-refractivity contribution in [1.82, 2.24) is 25.0 Å². The van der Waals surface area contributed by atoms with Crippen molar-refractivity contribution in [3.8, 4) is 0 Å². The first-order valence-electron chi connectivity index (χ1n) is 9.18. The zero-order valence-electron chi connectivity index (χ0n) is 15.0. The molecule has 1 aliphatic heterocycles. The number of benzene rings is 1. The first kappa shape index (κ1) is 17.6. The highest BCUT2D eigenvalue weighted by molar-refractivity contribution is 5.82. The van der Waals surface area contributed by atoms with E-state index in [9.17, 15) is 9.90 Å². The number of aliphatic hydroxyl groups excluding tert-OH is 1. The summed E-state index contributed by atoms with van der Waals surface area (Å²) in [7, 11) is 0. The second-order valence-corrected chi connectivity index (χ2v) is 6.99. The molecule has 1 amide bonds. The van der Waals surface area contributed by atoms with Crippen molar-refractivity contribution in [2.24, 2.45) is 0 Å². The van der Waals surface area contributed by atoms with E-state index in [4.69, 9.17) is 0 Å². The highest BCUT2D eigenvalue weighted by Gasteiger charge is 2.29. The number of aliphatic hydroxyl groups is 1. The number of β-amino-alcohol motifs (C(OH)–C–C–N with tert-alkyl or cyclic N) is 1. The molecule has 0 saturated carbocycles. The van der Waals surface area contributed by atoms with Gasteiger partial charge in [0.05, 0.1) is 23.9 Å². The van der Waals surface area contributed by atoms with Gasteiger partial charge in [0.25, 0.3) is 0 Å². The summed E-state index contributed by atoms with van der Waals surface area (Å²) in [5, 5.41) is 18.7. The number of nitrogens with zero attached hydrogens (tertiary/aromatic N) is 4. The fraction of sp³-hybridized carbons (Fsp3) is 0.350. The number of hydrogen-bond donors (Lipinski definition) is 2. The molecule has 0 bridgehead atoms. The van der Waals surface area contributed by atoms with Crippen LogP contribution < -0.4 is 5.32 Å².